The third-order valence-corrected chi connectivity index (χ3v) is 5.44. The zero-order chi connectivity index (χ0) is 22.8. The first-order valence-corrected chi connectivity index (χ1v) is 10.3. The second kappa shape index (κ2) is 8.70. The highest BCUT2D eigenvalue weighted by molar-refractivity contribution is 6.06. The van der Waals surface area contributed by atoms with E-state index in [0.717, 1.165) is 27.7 Å². The number of hydrogen-bond acceptors (Lipinski definition) is 5. The molecule has 32 heavy (non-hydrogen) atoms. The third-order valence-electron chi connectivity index (χ3n) is 5.44. The highest BCUT2D eigenvalue weighted by Gasteiger charge is 2.24. The number of ether oxygens (including phenoxy) is 2. The van der Waals surface area contributed by atoms with E-state index in [9.17, 15) is 4.79 Å². The molecule has 2 aromatic heterocycles. The average molecular weight is 431 g/mol. The van der Waals surface area contributed by atoms with Gasteiger partial charge in [-0.25, -0.2) is 4.98 Å². The zero-order valence-corrected chi connectivity index (χ0v) is 18.8. The minimum Gasteiger partial charge on any atom is -0.497 e. The van der Waals surface area contributed by atoms with Gasteiger partial charge in [-0.05, 0) is 49.7 Å². The van der Waals surface area contributed by atoms with Gasteiger partial charge in [0.2, 0.25) is 0 Å². The van der Waals surface area contributed by atoms with E-state index >= 15 is 0 Å². The first-order valence-electron chi connectivity index (χ1n) is 10.3. The number of aromatic nitrogens is 3. The maximum atomic E-state index is 13.6. The number of carbonyl (C=O) groups excluding carboxylic acids is 1. The molecule has 0 aliphatic rings. The summed E-state index contributed by atoms with van der Waals surface area (Å²) in [6.07, 6.45) is 3.56. The van der Waals surface area contributed by atoms with Crippen LogP contribution in [0.15, 0.2) is 54.9 Å². The van der Waals surface area contributed by atoms with Gasteiger partial charge in [0.25, 0.3) is 5.91 Å². The van der Waals surface area contributed by atoms with Crippen molar-refractivity contribution in [1.29, 1.82) is 0 Å². The van der Waals surface area contributed by atoms with Crippen LogP contribution in [0.25, 0.3) is 10.9 Å². The molecule has 0 aliphatic heterocycles. The second-order valence-electron chi connectivity index (χ2n) is 7.78. The van der Waals surface area contributed by atoms with Gasteiger partial charge in [-0.3, -0.25) is 9.78 Å². The number of methoxy groups -OCH3 is 2. The Bertz CT molecular complexity index is 1270. The molecule has 1 unspecified atom stereocenters. The number of nitrogens with zero attached hydrogens (tertiary/aromatic N) is 3. The van der Waals surface area contributed by atoms with E-state index in [-0.39, 0.29) is 5.91 Å². The molecule has 0 saturated carbocycles. The van der Waals surface area contributed by atoms with Crippen molar-refractivity contribution in [3.63, 3.8) is 0 Å². The number of aryl methyl sites for hydroxylation is 3. The van der Waals surface area contributed by atoms with Crippen molar-refractivity contribution in [2.75, 3.05) is 14.2 Å². The Kier molecular flexibility index (Phi) is 5.81. The van der Waals surface area contributed by atoms with Crippen molar-refractivity contribution in [3.8, 4) is 11.5 Å². The Labute approximate surface area is 187 Å². The largest absolute Gasteiger partial charge is 0.497 e. The van der Waals surface area contributed by atoms with Crippen molar-refractivity contribution < 1.29 is 14.3 Å². The first kappa shape index (κ1) is 21.4. The van der Waals surface area contributed by atoms with E-state index in [2.05, 4.69) is 15.3 Å². The molecule has 2 aromatic carbocycles. The summed E-state index contributed by atoms with van der Waals surface area (Å²) in [5.74, 6) is 1.75. The molecular formula is C25H26N4O3. The molecule has 0 radical (unpaired) electrons. The lowest BCUT2D eigenvalue weighted by Gasteiger charge is -2.21. The minimum atomic E-state index is -0.514. The van der Waals surface area contributed by atoms with Crippen LogP contribution in [-0.4, -0.2) is 34.7 Å². The molecule has 1 amide bonds. The molecule has 2 heterocycles. The molecule has 0 fully saturated rings. The lowest BCUT2D eigenvalue weighted by Crippen LogP contribution is -2.31. The Morgan fingerprint density at radius 3 is 2.38 bits per heavy atom. The monoisotopic (exact) mass is 430 g/mol. The summed E-state index contributed by atoms with van der Waals surface area (Å²) >= 11 is 0. The lowest BCUT2D eigenvalue weighted by molar-refractivity contribution is 0.0942. The number of amides is 1. The Balaban J connectivity index is 1.82. The van der Waals surface area contributed by atoms with Gasteiger partial charge in [0.15, 0.2) is 0 Å². The van der Waals surface area contributed by atoms with Crippen LogP contribution in [-0.2, 0) is 7.05 Å². The zero-order valence-electron chi connectivity index (χ0n) is 18.8. The number of nitrogens with one attached hydrogen (secondary N) is 1. The summed E-state index contributed by atoms with van der Waals surface area (Å²) < 4.78 is 12.8. The fraction of sp³-hybridized carbons (Fsp3) is 0.240. The molecule has 0 bridgehead atoms. The molecule has 0 spiro atoms. The fourth-order valence-corrected chi connectivity index (χ4v) is 3.82. The lowest BCUT2D eigenvalue weighted by atomic mass is 10.0. The predicted octanol–water partition coefficient (Wildman–Crippen LogP) is 4.12. The summed E-state index contributed by atoms with van der Waals surface area (Å²) in [5.41, 5.74) is 4.01. The number of pyridine rings is 1. The van der Waals surface area contributed by atoms with Crippen LogP contribution < -0.4 is 14.8 Å². The van der Waals surface area contributed by atoms with Crippen molar-refractivity contribution >= 4 is 16.8 Å². The fourth-order valence-electron chi connectivity index (χ4n) is 3.82. The summed E-state index contributed by atoms with van der Waals surface area (Å²) in [4.78, 5) is 22.7. The van der Waals surface area contributed by atoms with Crippen LogP contribution in [0.1, 0.15) is 39.0 Å². The standard InChI is InChI=1S/C25H26N4O3/c1-15-6-7-22-20(10-15)21(11-16(2)27-22)25(30)28-23(24-26-8-9-29(24)3)17-12-18(31-4)14-19(13-17)32-5/h6-14,23H,1-5H3,(H,28,30). The molecule has 164 valence electrons. The van der Waals surface area contributed by atoms with Crippen LogP contribution in [0.3, 0.4) is 0 Å². The number of carbonyl (C=O) groups is 1. The van der Waals surface area contributed by atoms with Crippen LogP contribution >= 0.6 is 0 Å². The molecular weight excluding hydrogens is 404 g/mol. The molecule has 1 N–H and O–H groups in total. The van der Waals surface area contributed by atoms with Gasteiger partial charge < -0.3 is 19.4 Å². The van der Waals surface area contributed by atoms with Crippen LogP contribution in [0.2, 0.25) is 0 Å². The van der Waals surface area contributed by atoms with Crippen LogP contribution in [0, 0.1) is 13.8 Å². The van der Waals surface area contributed by atoms with Crippen LogP contribution in [0.5, 0.6) is 11.5 Å². The van der Waals surface area contributed by atoms with Crippen molar-refractivity contribution in [3.05, 3.63) is 83.1 Å². The van der Waals surface area contributed by atoms with Crippen molar-refractivity contribution in [2.45, 2.75) is 19.9 Å². The maximum absolute atomic E-state index is 13.6. The molecule has 0 aliphatic carbocycles. The first-order chi connectivity index (χ1) is 15.4. The molecule has 1 atom stereocenters. The van der Waals surface area contributed by atoms with E-state index in [1.165, 1.54) is 0 Å². The quantitative estimate of drug-likeness (QED) is 0.498. The van der Waals surface area contributed by atoms with E-state index in [1.807, 2.05) is 68.1 Å². The summed E-state index contributed by atoms with van der Waals surface area (Å²) in [6, 6.07) is 12.8. The second-order valence-corrected chi connectivity index (χ2v) is 7.78. The Morgan fingerprint density at radius 2 is 1.75 bits per heavy atom. The molecule has 7 heteroatoms. The smallest absolute Gasteiger partial charge is 0.252 e. The average Bonchev–Trinajstić information content (AvgIpc) is 3.22. The Morgan fingerprint density at radius 1 is 1.03 bits per heavy atom. The normalized spacial score (nSPS) is 11.9. The molecule has 0 saturated heterocycles. The van der Waals surface area contributed by atoms with E-state index < -0.39 is 6.04 Å². The summed E-state index contributed by atoms with van der Waals surface area (Å²) in [5, 5.41) is 3.99. The predicted molar refractivity (Wildman–Crippen MR) is 123 cm³/mol. The summed E-state index contributed by atoms with van der Waals surface area (Å²) in [7, 11) is 5.09. The Hall–Kier alpha value is -3.87. The third kappa shape index (κ3) is 4.14. The van der Waals surface area contributed by atoms with Crippen LogP contribution in [0.4, 0.5) is 0 Å². The molecule has 4 rings (SSSR count). The SMILES string of the molecule is COc1cc(OC)cc(C(NC(=O)c2cc(C)nc3ccc(C)cc23)c2nccn2C)c1. The topological polar surface area (TPSA) is 78.3 Å². The minimum absolute atomic E-state index is 0.208. The van der Waals surface area contributed by atoms with E-state index in [0.29, 0.717) is 22.9 Å². The van der Waals surface area contributed by atoms with Gasteiger partial charge in [-0.1, -0.05) is 11.6 Å². The maximum Gasteiger partial charge on any atom is 0.252 e. The van der Waals surface area contributed by atoms with E-state index in [1.54, 1.807) is 26.5 Å². The highest BCUT2D eigenvalue weighted by atomic mass is 16.5. The number of imidazole rings is 1. The molecule has 7 nitrogen and oxygen atoms in total. The van der Waals surface area contributed by atoms with E-state index in [4.69, 9.17) is 9.47 Å². The number of rotatable bonds is 6. The molecule has 4 aromatic rings. The number of hydrogen-bond donors (Lipinski definition) is 1. The number of fused-ring (bicyclic) bond motifs is 1. The van der Waals surface area contributed by atoms with Crippen molar-refractivity contribution in [1.82, 2.24) is 19.9 Å². The van der Waals surface area contributed by atoms with Crippen molar-refractivity contribution in [2.24, 2.45) is 7.05 Å². The van der Waals surface area contributed by atoms with Gasteiger partial charge >= 0.3 is 0 Å². The van der Waals surface area contributed by atoms with Gasteiger partial charge in [-0.2, -0.15) is 0 Å². The van der Waals surface area contributed by atoms with Gasteiger partial charge in [0, 0.05) is 36.6 Å². The van der Waals surface area contributed by atoms with Gasteiger partial charge in [-0.15, -0.1) is 0 Å². The highest BCUT2D eigenvalue weighted by Crippen LogP contribution is 2.30. The van der Waals surface area contributed by atoms with Gasteiger partial charge in [0.1, 0.15) is 23.4 Å². The van der Waals surface area contributed by atoms with Gasteiger partial charge in [0.05, 0.1) is 25.3 Å². The number of benzene rings is 2. The summed E-state index contributed by atoms with van der Waals surface area (Å²) in [6.45, 7) is 3.89.